The Kier molecular flexibility index (Phi) is 5.56. The molecule has 0 radical (unpaired) electrons. The number of alkyl halides is 3. The predicted octanol–water partition coefficient (Wildman–Crippen LogP) is 5.97. The van der Waals surface area contributed by atoms with Crippen LogP contribution in [0.2, 0.25) is 0 Å². The molecular weight excluding hydrogens is 437 g/mol. The topological polar surface area (TPSA) is 59.9 Å². The molecule has 0 amide bonds. The molecule has 162 valence electrons. The quantitative estimate of drug-likeness (QED) is 0.381. The molecule has 32 heavy (non-hydrogen) atoms. The lowest BCUT2D eigenvalue weighted by molar-refractivity contribution is -0.137. The van der Waals surface area contributed by atoms with Gasteiger partial charge in [0.25, 0.3) is 0 Å². The Morgan fingerprint density at radius 3 is 2.16 bits per heavy atom. The number of rotatable bonds is 4. The predicted molar refractivity (Wildman–Crippen MR) is 115 cm³/mol. The maximum absolute atomic E-state index is 13.5. The molecule has 0 aliphatic carbocycles. The van der Waals surface area contributed by atoms with Gasteiger partial charge in [-0.3, -0.25) is 9.97 Å². The van der Waals surface area contributed by atoms with Crippen LogP contribution in [0.5, 0.6) is 0 Å². The van der Waals surface area contributed by atoms with Gasteiger partial charge >= 0.3 is 6.18 Å². The number of aryl methyl sites for hydroxylation is 1. The van der Waals surface area contributed by atoms with E-state index in [1.54, 1.807) is 24.3 Å². The van der Waals surface area contributed by atoms with Crippen LogP contribution in [0.1, 0.15) is 11.1 Å². The van der Waals surface area contributed by atoms with E-state index in [2.05, 4.69) is 9.97 Å². The maximum Gasteiger partial charge on any atom is 0.416 e. The number of hydrogen-bond acceptors (Lipinski definition) is 4. The fourth-order valence-corrected chi connectivity index (χ4v) is 4.71. The Morgan fingerprint density at radius 2 is 1.50 bits per heavy atom. The average Bonchev–Trinajstić information content (AvgIpc) is 2.79. The van der Waals surface area contributed by atoms with Gasteiger partial charge in [0.05, 0.1) is 21.0 Å². The molecule has 2 heterocycles. The van der Waals surface area contributed by atoms with Gasteiger partial charge in [0.2, 0.25) is 9.84 Å². The Bertz CT molecular complexity index is 1370. The highest BCUT2D eigenvalue weighted by Crippen LogP contribution is 2.35. The molecule has 2 aromatic heterocycles. The summed E-state index contributed by atoms with van der Waals surface area (Å²) in [5.41, 5.74) is 1.28. The monoisotopic (exact) mass is 454 g/mol. The van der Waals surface area contributed by atoms with Crippen molar-refractivity contribution in [3.8, 4) is 22.4 Å². The summed E-state index contributed by atoms with van der Waals surface area (Å²) in [6.07, 6.45) is -0.114. The molecule has 4 rings (SSSR count). The third-order valence-corrected chi connectivity index (χ3v) is 6.73. The van der Waals surface area contributed by atoms with Crippen LogP contribution in [-0.2, 0) is 16.0 Å². The highest BCUT2D eigenvalue weighted by Gasteiger charge is 2.31. The van der Waals surface area contributed by atoms with Crippen molar-refractivity contribution in [3.05, 3.63) is 96.4 Å². The molecule has 4 aromatic rings. The zero-order valence-electron chi connectivity index (χ0n) is 16.8. The first-order valence-electron chi connectivity index (χ1n) is 9.56. The highest BCUT2D eigenvalue weighted by atomic mass is 32.2. The normalized spacial score (nSPS) is 12.0. The number of benzene rings is 2. The van der Waals surface area contributed by atoms with Crippen LogP contribution >= 0.6 is 0 Å². The zero-order chi connectivity index (χ0) is 22.9. The molecule has 4 nitrogen and oxygen atoms in total. The van der Waals surface area contributed by atoms with E-state index in [1.807, 2.05) is 6.92 Å². The van der Waals surface area contributed by atoms with Gasteiger partial charge in [-0.1, -0.05) is 29.8 Å². The van der Waals surface area contributed by atoms with Crippen molar-refractivity contribution in [2.75, 3.05) is 0 Å². The van der Waals surface area contributed by atoms with Gasteiger partial charge in [-0.15, -0.1) is 0 Å². The van der Waals surface area contributed by atoms with Gasteiger partial charge in [-0.25, -0.2) is 8.42 Å². The molecule has 2 aromatic carbocycles. The summed E-state index contributed by atoms with van der Waals surface area (Å²) in [6.45, 7) is 1.84. The lowest BCUT2D eigenvalue weighted by Gasteiger charge is -2.14. The number of sulfone groups is 1. The molecular formula is C24H17F3N2O2S. The van der Waals surface area contributed by atoms with E-state index in [4.69, 9.17) is 0 Å². The number of halogens is 3. The minimum atomic E-state index is -4.52. The lowest BCUT2D eigenvalue weighted by atomic mass is 10.0. The Hall–Kier alpha value is -3.52. The number of hydrogen-bond donors (Lipinski definition) is 0. The lowest BCUT2D eigenvalue weighted by Crippen LogP contribution is -2.07. The van der Waals surface area contributed by atoms with Crippen LogP contribution in [0.4, 0.5) is 13.2 Å². The van der Waals surface area contributed by atoms with Gasteiger partial charge in [-0.05, 0) is 55.0 Å². The largest absolute Gasteiger partial charge is 0.416 e. The van der Waals surface area contributed by atoms with E-state index in [1.165, 1.54) is 48.9 Å². The van der Waals surface area contributed by atoms with Crippen LogP contribution in [0, 0.1) is 6.92 Å². The van der Waals surface area contributed by atoms with Gasteiger partial charge in [0.15, 0.2) is 0 Å². The number of nitrogens with zero attached hydrogens (tertiary/aromatic N) is 2. The van der Waals surface area contributed by atoms with Crippen molar-refractivity contribution >= 4 is 9.84 Å². The minimum Gasteiger partial charge on any atom is -0.265 e. The molecule has 0 bridgehead atoms. The first kappa shape index (κ1) is 21.7. The minimum absolute atomic E-state index is 0.0707. The van der Waals surface area contributed by atoms with Gasteiger partial charge in [0.1, 0.15) is 0 Å². The van der Waals surface area contributed by atoms with Crippen LogP contribution in [0.15, 0.2) is 95.1 Å². The smallest absolute Gasteiger partial charge is 0.265 e. The average molecular weight is 454 g/mol. The van der Waals surface area contributed by atoms with E-state index in [0.29, 0.717) is 5.56 Å². The third-order valence-electron chi connectivity index (χ3n) is 4.95. The van der Waals surface area contributed by atoms with Gasteiger partial charge in [0, 0.05) is 29.7 Å². The van der Waals surface area contributed by atoms with Crippen LogP contribution in [0.3, 0.4) is 0 Å². The van der Waals surface area contributed by atoms with Crippen molar-refractivity contribution in [3.63, 3.8) is 0 Å². The second-order valence-electron chi connectivity index (χ2n) is 7.20. The summed E-state index contributed by atoms with van der Waals surface area (Å²) >= 11 is 0. The fourth-order valence-electron chi connectivity index (χ4n) is 3.25. The summed E-state index contributed by atoms with van der Waals surface area (Å²) in [6, 6.07) is 15.7. The molecule has 0 spiro atoms. The molecule has 0 fully saturated rings. The Morgan fingerprint density at radius 1 is 0.812 bits per heavy atom. The van der Waals surface area contributed by atoms with E-state index in [0.717, 1.165) is 17.7 Å². The van der Waals surface area contributed by atoms with Crippen molar-refractivity contribution in [2.45, 2.75) is 22.9 Å². The van der Waals surface area contributed by atoms with Gasteiger partial charge in [-0.2, -0.15) is 13.2 Å². The fraction of sp³-hybridized carbons (Fsp3) is 0.0833. The molecule has 0 saturated carbocycles. The molecule has 0 aliphatic heterocycles. The molecule has 0 atom stereocenters. The standard InChI is InChI=1S/C24H17F3N2O2S/c1-16-5-7-21(8-6-16)32(30,31)22-14-19(15-29-23(22)17-9-11-28-12-10-17)18-3-2-4-20(13-18)24(25,26)27/h2-15H,1H3. The van der Waals surface area contributed by atoms with Crippen LogP contribution in [-0.4, -0.2) is 18.4 Å². The number of pyridine rings is 2. The summed E-state index contributed by atoms with van der Waals surface area (Å²) in [5, 5.41) is 0. The van der Waals surface area contributed by atoms with Crippen molar-refractivity contribution < 1.29 is 21.6 Å². The highest BCUT2D eigenvalue weighted by molar-refractivity contribution is 7.91. The first-order valence-corrected chi connectivity index (χ1v) is 11.0. The number of aromatic nitrogens is 2. The molecule has 0 N–H and O–H groups in total. The van der Waals surface area contributed by atoms with E-state index >= 15 is 0 Å². The SMILES string of the molecule is Cc1ccc(S(=O)(=O)c2cc(-c3cccc(C(F)(F)F)c3)cnc2-c2ccncc2)cc1. The van der Waals surface area contributed by atoms with Crippen molar-refractivity contribution in [1.82, 2.24) is 9.97 Å². The first-order chi connectivity index (χ1) is 15.2. The maximum atomic E-state index is 13.5. The van der Waals surface area contributed by atoms with E-state index in [-0.39, 0.29) is 26.6 Å². The van der Waals surface area contributed by atoms with Gasteiger partial charge < -0.3 is 0 Å². The summed E-state index contributed by atoms with van der Waals surface area (Å²) in [4.78, 5) is 8.26. The third kappa shape index (κ3) is 4.27. The molecule has 0 saturated heterocycles. The van der Waals surface area contributed by atoms with E-state index < -0.39 is 21.6 Å². The summed E-state index contributed by atoms with van der Waals surface area (Å²) in [7, 11) is -4.01. The summed E-state index contributed by atoms with van der Waals surface area (Å²) < 4.78 is 66.5. The summed E-state index contributed by atoms with van der Waals surface area (Å²) in [5.74, 6) is 0. The molecule has 0 unspecified atom stereocenters. The molecule has 0 aliphatic rings. The van der Waals surface area contributed by atoms with Crippen LogP contribution in [0.25, 0.3) is 22.4 Å². The second-order valence-corrected chi connectivity index (χ2v) is 9.12. The second kappa shape index (κ2) is 8.20. The van der Waals surface area contributed by atoms with E-state index in [9.17, 15) is 21.6 Å². The molecule has 8 heteroatoms. The van der Waals surface area contributed by atoms with Crippen LogP contribution < -0.4 is 0 Å². The zero-order valence-corrected chi connectivity index (χ0v) is 17.7. The van der Waals surface area contributed by atoms with Crippen molar-refractivity contribution in [1.29, 1.82) is 0 Å². The Labute approximate surface area is 183 Å². The van der Waals surface area contributed by atoms with Crippen molar-refractivity contribution in [2.24, 2.45) is 0 Å². The Balaban J connectivity index is 1.93.